The van der Waals surface area contributed by atoms with Crippen LogP contribution in [0, 0.1) is 6.92 Å². The number of hydrogen-bond acceptors (Lipinski definition) is 5. The molecule has 2 aliphatic rings. The molecule has 1 amide bonds. The summed E-state index contributed by atoms with van der Waals surface area (Å²) in [6.45, 7) is 6.65. The molecule has 6 heteroatoms. The Morgan fingerprint density at radius 1 is 1.06 bits per heavy atom. The summed E-state index contributed by atoms with van der Waals surface area (Å²) in [5, 5.41) is 3.05. The van der Waals surface area contributed by atoms with E-state index < -0.39 is 0 Å². The first-order valence-electron chi connectivity index (χ1n) is 11.6. The Morgan fingerprint density at radius 2 is 1.85 bits per heavy atom. The van der Waals surface area contributed by atoms with Gasteiger partial charge in [0.05, 0.1) is 12.2 Å². The third-order valence-electron chi connectivity index (χ3n) is 6.50. The number of amides is 1. The molecule has 5 rings (SSSR count). The lowest BCUT2D eigenvalue weighted by molar-refractivity contribution is 0.0933. The molecule has 6 nitrogen and oxygen atoms in total. The third kappa shape index (κ3) is 4.71. The molecule has 1 unspecified atom stereocenters. The molecule has 1 fully saturated rings. The molecule has 1 atom stereocenters. The normalized spacial score (nSPS) is 18.0. The minimum Gasteiger partial charge on any atom is -0.487 e. The lowest BCUT2D eigenvalue weighted by Gasteiger charge is -2.34. The van der Waals surface area contributed by atoms with Gasteiger partial charge in [-0.15, -0.1) is 0 Å². The number of piperazine rings is 1. The van der Waals surface area contributed by atoms with E-state index in [4.69, 9.17) is 4.74 Å². The maximum Gasteiger partial charge on any atom is 0.251 e. The quantitative estimate of drug-likeness (QED) is 0.655. The number of nitrogens with zero attached hydrogens (tertiary/aromatic N) is 3. The zero-order valence-electron chi connectivity index (χ0n) is 19.3. The fourth-order valence-electron chi connectivity index (χ4n) is 4.48. The molecule has 1 N–H and O–H groups in total. The number of aromatic nitrogens is 1. The van der Waals surface area contributed by atoms with Crippen LogP contribution in [0.1, 0.15) is 21.5 Å². The zero-order valence-corrected chi connectivity index (χ0v) is 19.3. The smallest absolute Gasteiger partial charge is 0.251 e. The monoisotopic (exact) mass is 442 g/mol. The van der Waals surface area contributed by atoms with Gasteiger partial charge >= 0.3 is 0 Å². The van der Waals surface area contributed by atoms with Gasteiger partial charge in [0.15, 0.2) is 0 Å². The lowest BCUT2D eigenvalue weighted by Crippen LogP contribution is -2.44. The molecule has 0 saturated carbocycles. The number of benzene rings is 2. The van der Waals surface area contributed by atoms with Crippen molar-refractivity contribution >= 4 is 11.6 Å². The summed E-state index contributed by atoms with van der Waals surface area (Å²) in [4.78, 5) is 22.0. The van der Waals surface area contributed by atoms with Crippen molar-refractivity contribution in [3.63, 3.8) is 0 Å². The number of rotatable bonds is 5. The fraction of sp³-hybridized carbons (Fsp3) is 0.333. The van der Waals surface area contributed by atoms with Crippen molar-refractivity contribution in [3.05, 3.63) is 77.5 Å². The molecular weight excluding hydrogens is 412 g/mol. The van der Waals surface area contributed by atoms with Gasteiger partial charge in [0.25, 0.3) is 5.91 Å². The summed E-state index contributed by atoms with van der Waals surface area (Å²) in [7, 11) is 2.15. The highest BCUT2D eigenvalue weighted by Gasteiger charge is 2.26. The van der Waals surface area contributed by atoms with Gasteiger partial charge in [-0.25, -0.2) is 0 Å². The number of carbonyl (C=O) groups is 1. The molecule has 0 radical (unpaired) electrons. The van der Waals surface area contributed by atoms with E-state index in [0.717, 1.165) is 60.7 Å². The van der Waals surface area contributed by atoms with Gasteiger partial charge in [-0.2, -0.15) is 0 Å². The predicted octanol–water partition coefficient (Wildman–Crippen LogP) is 3.54. The molecule has 0 bridgehead atoms. The zero-order chi connectivity index (χ0) is 22.8. The van der Waals surface area contributed by atoms with Crippen LogP contribution in [0.5, 0.6) is 5.75 Å². The van der Waals surface area contributed by atoms with E-state index in [1.165, 1.54) is 5.69 Å². The number of likely N-dealkylation sites (N-methyl/N-ethyl adjacent to an activating group) is 1. The second kappa shape index (κ2) is 9.24. The van der Waals surface area contributed by atoms with Crippen LogP contribution < -0.4 is 15.0 Å². The molecule has 2 aliphatic heterocycles. The third-order valence-corrected chi connectivity index (χ3v) is 6.50. The number of ether oxygens (including phenoxy) is 1. The topological polar surface area (TPSA) is 57.7 Å². The van der Waals surface area contributed by atoms with E-state index in [1.54, 1.807) is 0 Å². The van der Waals surface area contributed by atoms with E-state index in [-0.39, 0.29) is 12.0 Å². The lowest BCUT2D eigenvalue weighted by atomic mass is 10.0. The average molecular weight is 443 g/mol. The van der Waals surface area contributed by atoms with Gasteiger partial charge in [0.2, 0.25) is 0 Å². The van der Waals surface area contributed by atoms with E-state index in [9.17, 15) is 4.79 Å². The molecule has 1 saturated heterocycles. The van der Waals surface area contributed by atoms with Gasteiger partial charge < -0.3 is 19.9 Å². The summed E-state index contributed by atoms with van der Waals surface area (Å²) in [6, 6.07) is 18.2. The Balaban J connectivity index is 1.19. The molecule has 2 aromatic carbocycles. The number of aryl methyl sites for hydroxylation is 1. The molecule has 170 valence electrons. The molecule has 33 heavy (non-hydrogen) atoms. The van der Waals surface area contributed by atoms with E-state index in [1.807, 2.05) is 55.6 Å². The number of para-hydroxylation sites is 1. The number of carbonyl (C=O) groups excluding carboxylic acids is 1. The highest BCUT2D eigenvalue weighted by Crippen LogP contribution is 2.37. The minimum absolute atomic E-state index is 0.0695. The van der Waals surface area contributed by atoms with E-state index >= 15 is 0 Å². The summed E-state index contributed by atoms with van der Waals surface area (Å²) < 4.78 is 6.25. The molecule has 0 spiro atoms. The van der Waals surface area contributed by atoms with Gasteiger partial charge in [-0.3, -0.25) is 9.78 Å². The van der Waals surface area contributed by atoms with Crippen LogP contribution in [-0.4, -0.2) is 61.7 Å². The van der Waals surface area contributed by atoms with Gasteiger partial charge in [-0.05, 0) is 61.5 Å². The number of pyridine rings is 1. The molecular formula is C27H30N4O2. The Kier molecular flexibility index (Phi) is 6.01. The summed E-state index contributed by atoms with van der Waals surface area (Å²) in [5.74, 6) is 0.810. The highest BCUT2D eigenvalue weighted by atomic mass is 16.5. The summed E-state index contributed by atoms with van der Waals surface area (Å²) in [5.41, 5.74) is 6.04. The minimum atomic E-state index is -0.0832. The number of nitrogens with one attached hydrogen (secondary N) is 1. The van der Waals surface area contributed by atoms with Gasteiger partial charge in [-0.1, -0.05) is 18.2 Å². The first kappa shape index (κ1) is 21.5. The van der Waals surface area contributed by atoms with Gasteiger partial charge in [0.1, 0.15) is 11.9 Å². The van der Waals surface area contributed by atoms with Crippen LogP contribution in [0.4, 0.5) is 5.69 Å². The standard InChI is InChI=1S/C27H30N4O2/c1-19-6-11-25(28-17-19)24-5-3-4-21-16-23(33-26(21)24)18-29-27(32)20-7-9-22(10-8-20)31-14-12-30(2)13-15-31/h3-11,17,23H,12-16,18H2,1-2H3,(H,29,32). The van der Waals surface area contributed by atoms with Crippen molar-refractivity contribution in [2.24, 2.45) is 0 Å². The van der Waals surface area contributed by atoms with Crippen molar-refractivity contribution in [3.8, 4) is 17.0 Å². The van der Waals surface area contributed by atoms with Crippen molar-refractivity contribution < 1.29 is 9.53 Å². The van der Waals surface area contributed by atoms with Crippen molar-refractivity contribution in [1.82, 2.24) is 15.2 Å². The van der Waals surface area contributed by atoms with E-state index in [2.05, 4.69) is 39.3 Å². The second-order valence-corrected chi connectivity index (χ2v) is 9.01. The Labute approximate surface area is 195 Å². The van der Waals surface area contributed by atoms with Crippen LogP contribution >= 0.6 is 0 Å². The van der Waals surface area contributed by atoms with Crippen LogP contribution in [0.25, 0.3) is 11.3 Å². The predicted molar refractivity (Wildman–Crippen MR) is 131 cm³/mol. The number of anilines is 1. The SMILES string of the molecule is Cc1ccc(-c2cccc3c2OC(CNC(=O)c2ccc(N4CCN(C)CC4)cc2)C3)nc1. The summed E-state index contributed by atoms with van der Waals surface area (Å²) in [6.07, 6.45) is 2.56. The molecule has 0 aliphatic carbocycles. The summed E-state index contributed by atoms with van der Waals surface area (Å²) >= 11 is 0. The first-order valence-corrected chi connectivity index (χ1v) is 11.6. The van der Waals surface area contributed by atoms with E-state index in [0.29, 0.717) is 12.1 Å². The Morgan fingerprint density at radius 3 is 2.58 bits per heavy atom. The van der Waals surface area contributed by atoms with Gasteiger partial charge in [0, 0.05) is 55.6 Å². The van der Waals surface area contributed by atoms with Crippen molar-refractivity contribution in [2.75, 3.05) is 44.7 Å². The molecule has 3 heterocycles. The van der Waals surface area contributed by atoms with Crippen LogP contribution in [0.15, 0.2) is 60.8 Å². The van der Waals surface area contributed by atoms with Crippen molar-refractivity contribution in [1.29, 1.82) is 0 Å². The van der Waals surface area contributed by atoms with Crippen LogP contribution in [-0.2, 0) is 6.42 Å². The number of hydrogen-bond donors (Lipinski definition) is 1. The Bertz CT molecular complexity index is 1120. The maximum absolute atomic E-state index is 12.7. The first-order chi connectivity index (χ1) is 16.1. The van der Waals surface area contributed by atoms with Crippen LogP contribution in [0.2, 0.25) is 0 Å². The highest BCUT2D eigenvalue weighted by molar-refractivity contribution is 5.94. The van der Waals surface area contributed by atoms with Crippen LogP contribution in [0.3, 0.4) is 0 Å². The maximum atomic E-state index is 12.7. The van der Waals surface area contributed by atoms with Crippen molar-refractivity contribution in [2.45, 2.75) is 19.4 Å². The fourth-order valence-corrected chi connectivity index (χ4v) is 4.48. The molecule has 1 aromatic heterocycles. The second-order valence-electron chi connectivity index (χ2n) is 9.01. The average Bonchev–Trinajstić information content (AvgIpc) is 3.27. The largest absolute Gasteiger partial charge is 0.487 e. The number of fused-ring (bicyclic) bond motifs is 1. The molecule has 3 aromatic rings. The Hall–Kier alpha value is -3.38.